The number of aromatic nitrogens is 1. The number of anilines is 1. The molecule has 0 aliphatic rings. The van der Waals surface area contributed by atoms with Gasteiger partial charge in [-0.1, -0.05) is 36.4 Å². The van der Waals surface area contributed by atoms with Crippen LogP contribution in [0, 0.1) is 0 Å². The number of rotatable bonds is 5. The van der Waals surface area contributed by atoms with E-state index in [1.807, 2.05) is 30.3 Å². The Morgan fingerprint density at radius 1 is 0.926 bits per heavy atom. The minimum Gasteiger partial charge on any atom is -0.457 e. The van der Waals surface area contributed by atoms with E-state index < -0.39 is 5.76 Å². The molecule has 0 aliphatic carbocycles. The highest BCUT2D eigenvalue weighted by atomic mass is 16.5. The van der Waals surface area contributed by atoms with E-state index in [2.05, 4.69) is 5.32 Å². The standard InChI is InChI=1S/C21H16N2O4/c24-20(14-23-18-11-4-5-12-19(18)27-21(23)25)22-15-7-6-10-17(13-15)26-16-8-2-1-3-9-16/h1-13H,14H2,(H,22,24). The summed E-state index contributed by atoms with van der Waals surface area (Å²) in [4.78, 5) is 24.4. The summed E-state index contributed by atoms with van der Waals surface area (Å²) >= 11 is 0. The van der Waals surface area contributed by atoms with Gasteiger partial charge in [0, 0.05) is 11.8 Å². The summed E-state index contributed by atoms with van der Waals surface area (Å²) < 4.78 is 12.2. The van der Waals surface area contributed by atoms with Crippen LogP contribution in [-0.2, 0) is 11.3 Å². The smallest absolute Gasteiger partial charge is 0.420 e. The second-order valence-electron chi connectivity index (χ2n) is 5.91. The van der Waals surface area contributed by atoms with Crippen molar-refractivity contribution >= 4 is 22.7 Å². The van der Waals surface area contributed by atoms with Crippen molar-refractivity contribution < 1.29 is 13.9 Å². The molecular formula is C21H16N2O4. The Morgan fingerprint density at radius 2 is 1.67 bits per heavy atom. The Balaban J connectivity index is 1.49. The predicted molar refractivity (Wildman–Crippen MR) is 102 cm³/mol. The molecule has 0 radical (unpaired) electrons. The van der Waals surface area contributed by atoms with Gasteiger partial charge in [0.25, 0.3) is 0 Å². The lowest BCUT2D eigenvalue weighted by molar-refractivity contribution is -0.116. The lowest BCUT2D eigenvalue weighted by Gasteiger charge is -2.09. The molecule has 0 aliphatic heterocycles. The van der Waals surface area contributed by atoms with Gasteiger partial charge in [-0.05, 0) is 36.4 Å². The van der Waals surface area contributed by atoms with Gasteiger partial charge in [-0.3, -0.25) is 9.36 Å². The van der Waals surface area contributed by atoms with E-state index in [1.54, 1.807) is 48.5 Å². The highest BCUT2D eigenvalue weighted by Gasteiger charge is 2.12. The SMILES string of the molecule is O=C(Cn1c(=O)oc2ccccc21)Nc1cccc(Oc2ccccc2)c1. The van der Waals surface area contributed by atoms with E-state index in [-0.39, 0.29) is 12.5 Å². The van der Waals surface area contributed by atoms with Crippen LogP contribution in [0.1, 0.15) is 0 Å². The van der Waals surface area contributed by atoms with E-state index in [4.69, 9.17) is 9.15 Å². The van der Waals surface area contributed by atoms with E-state index in [0.717, 1.165) is 0 Å². The van der Waals surface area contributed by atoms with Crippen molar-refractivity contribution in [3.8, 4) is 11.5 Å². The second-order valence-corrected chi connectivity index (χ2v) is 5.91. The van der Waals surface area contributed by atoms with Crippen LogP contribution in [0.3, 0.4) is 0 Å². The highest BCUT2D eigenvalue weighted by Crippen LogP contribution is 2.24. The van der Waals surface area contributed by atoms with Crippen LogP contribution in [-0.4, -0.2) is 10.5 Å². The zero-order valence-electron chi connectivity index (χ0n) is 14.3. The number of oxazole rings is 1. The quantitative estimate of drug-likeness (QED) is 0.583. The molecule has 4 aromatic rings. The van der Waals surface area contributed by atoms with Crippen LogP contribution in [0.25, 0.3) is 11.1 Å². The molecule has 0 unspecified atom stereocenters. The van der Waals surface area contributed by atoms with E-state index in [9.17, 15) is 9.59 Å². The minimum absolute atomic E-state index is 0.139. The number of carbonyl (C=O) groups is 1. The normalized spacial score (nSPS) is 10.7. The number of benzene rings is 3. The molecule has 27 heavy (non-hydrogen) atoms. The number of amides is 1. The molecule has 1 heterocycles. The van der Waals surface area contributed by atoms with Gasteiger partial charge < -0.3 is 14.5 Å². The van der Waals surface area contributed by atoms with Crippen molar-refractivity contribution in [2.75, 3.05) is 5.32 Å². The number of nitrogens with zero attached hydrogens (tertiary/aromatic N) is 1. The molecule has 0 spiro atoms. The molecule has 0 saturated heterocycles. The number of ether oxygens (including phenoxy) is 1. The fraction of sp³-hybridized carbons (Fsp3) is 0.0476. The molecule has 0 fully saturated rings. The van der Waals surface area contributed by atoms with E-state index in [0.29, 0.717) is 28.3 Å². The monoisotopic (exact) mass is 360 g/mol. The average molecular weight is 360 g/mol. The molecular weight excluding hydrogens is 344 g/mol. The summed E-state index contributed by atoms with van der Waals surface area (Å²) in [5.74, 6) is 0.412. The zero-order chi connectivity index (χ0) is 18.6. The summed E-state index contributed by atoms with van der Waals surface area (Å²) in [6, 6.07) is 23.4. The Morgan fingerprint density at radius 3 is 2.52 bits per heavy atom. The van der Waals surface area contributed by atoms with Crippen LogP contribution in [0.2, 0.25) is 0 Å². The molecule has 0 atom stereocenters. The summed E-state index contributed by atoms with van der Waals surface area (Å²) in [7, 11) is 0. The van der Waals surface area contributed by atoms with Crippen molar-refractivity contribution in [1.82, 2.24) is 4.57 Å². The molecule has 1 aromatic heterocycles. The molecule has 6 heteroatoms. The number of para-hydroxylation sites is 3. The Bertz CT molecular complexity index is 1150. The Labute approximate surface area is 154 Å². The number of fused-ring (bicyclic) bond motifs is 1. The van der Waals surface area contributed by atoms with Gasteiger partial charge in [-0.2, -0.15) is 0 Å². The maximum absolute atomic E-state index is 12.4. The molecule has 3 aromatic carbocycles. The van der Waals surface area contributed by atoms with Crippen LogP contribution >= 0.6 is 0 Å². The fourth-order valence-electron chi connectivity index (χ4n) is 2.77. The number of carbonyl (C=O) groups excluding carboxylic acids is 1. The van der Waals surface area contributed by atoms with Crippen molar-refractivity contribution in [2.24, 2.45) is 0 Å². The highest BCUT2D eigenvalue weighted by molar-refractivity contribution is 5.91. The Kier molecular flexibility index (Phi) is 4.45. The maximum Gasteiger partial charge on any atom is 0.420 e. The van der Waals surface area contributed by atoms with Crippen molar-refractivity contribution in [3.05, 3.63) is 89.4 Å². The van der Waals surface area contributed by atoms with E-state index in [1.165, 1.54) is 4.57 Å². The fourth-order valence-corrected chi connectivity index (χ4v) is 2.77. The summed E-state index contributed by atoms with van der Waals surface area (Å²) in [5, 5.41) is 2.78. The van der Waals surface area contributed by atoms with Crippen LogP contribution in [0.15, 0.2) is 88.1 Å². The van der Waals surface area contributed by atoms with Crippen LogP contribution < -0.4 is 15.8 Å². The topological polar surface area (TPSA) is 73.5 Å². The van der Waals surface area contributed by atoms with Gasteiger partial charge in [-0.15, -0.1) is 0 Å². The zero-order valence-corrected chi connectivity index (χ0v) is 14.3. The first-order valence-corrected chi connectivity index (χ1v) is 8.40. The van der Waals surface area contributed by atoms with Crippen LogP contribution in [0.5, 0.6) is 11.5 Å². The Hall–Kier alpha value is -3.80. The van der Waals surface area contributed by atoms with Crippen molar-refractivity contribution in [2.45, 2.75) is 6.54 Å². The lowest BCUT2D eigenvalue weighted by Crippen LogP contribution is -2.24. The van der Waals surface area contributed by atoms with Crippen LogP contribution in [0.4, 0.5) is 5.69 Å². The first-order valence-electron chi connectivity index (χ1n) is 8.40. The summed E-state index contributed by atoms with van der Waals surface area (Å²) in [5.41, 5.74) is 1.61. The maximum atomic E-state index is 12.4. The molecule has 0 saturated carbocycles. The first-order chi connectivity index (χ1) is 13.2. The molecule has 1 amide bonds. The molecule has 0 bridgehead atoms. The number of nitrogens with one attached hydrogen (secondary N) is 1. The van der Waals surface area contributed by atoms with Gasteiger partial charge in [0.05, 0.1) is 5.52 Å². The molecule has 134 valence electrons. The van der Waals surface area contributed by atoms with Gasteiger partial charge in [0.2, 0.25) is 5.91 Å². The second kappa shape index (κ2) is 7.21. The minimum atomic E-state index is -0.562. The summed E-state index contributed by atoms with van der Waals surface area (Å²) in [6.45, 7) is -0.139. The van der Waals surface area contributed by atoms with Gasteiger partial charge in [0.15, 0.2) is 5.58 Å². The third-order valence-corrected chi connectivity index (χ3v) is 3.97. The first kappa shape index (κ1) is 16.7. The van der Waals surface area contributed by atoms with Gasteiger partial charge >= 0.3 is 5.76 Å². The molecule has 4 rings (SSSR count). The van der Waals surface area contributed by atoms with Gasteiger partial charge in [0.1, 0.15) is 18.0 Å². The third kappa shape index (κ3) is 3.74. The van der Waals surface area contributed by atoms with E-state index >= 15 is 0 Å². The van der Waals surface area contributed by atoms with Crippen molar-refractivity contribution in [1.29, 1.82) is 0 Å². The summed E-state index contributed by atoms with van der Waals surface area (Å²) in [6.07, 6.45) is 0. The number of hydrogen-bond acceptors (Lipinski definition) is 4. The number of hydrogen-bond donors (Lipinski definition) is 1. The van der Waals surface area contributed by atoms with Gasteiger partial charge in [-0.25, -0.2) is 4.79 Å². The average Bonchev–Trinajstić information content (AvgIpc) is 2.98. The third-order valence-electron chi connectivity index (χ3n) is 3.97. The largest absolute Gasteiger partial charge is 0.457 e. The van der Waals surface area contributed by atoms with Crippen molar-refractivity contribution in [3.63, 3.8) is 0 Å². The molecule has 1 N–H and O–H groups in total. The molecule has 6 nitrogen and oxygen atoms in total. The lowest BCUT2D eigenvalue weighted by atomic mass is 10.3. The predicted octanol–water partition coefficient (Wildman–Crippen LogP) is 4.03.